The number of hydrogen-bond donors (Lipinski definition) is 3. The Kier molecular flexibility index (Phi) is 30.1. The third kappa shape index (κ3) is 20.9. The lowest BCUT2D eigenvalue weighted by atomic mass is 9.90. The van der Waals surface area contributed by atoms with Gasteiger partial charge >= 0.3 is 6.18 Å². The quantitative estimate of drug-likeness (QED) is 0.159. The average molecular weight is 1490 g/mol. The highest BCUT2D eigenvalue weighted by molar-refractivity contribution is 6.31. The molecule has 578 valence electrons. The molecule has 0 bridgehead atoms. The third-order valence-electron chi connectivity index (χ3n) is 21.5. The summed E-state index contributed by atoms with van der Waals surface area (Å²) >= 11 is 6.20. The Hall–Kier alpha value is -8.69. The maximum absolute atomic E-state index is 15.7. The summed E-state index contributed by atoms with van der Waals surface area (Å²) in [6, 6.07) is 1.90. The van der Waals surface area contributed by atoms with Crippen molar-refractivity contribution in [2.24, 2.45) is 17.8 Å². The van der Waals surface area contributed by atoms with Crippen molar-refractivity contribution < 1.29 is 70.7 Å². The summed E-state index contributed by atoms with van der Waals surface area (Å²) in [5.74, 6) is -9.90. The van der Waals surface area contributed by atoms with Crippen molar-refractivity contribution in [1.82, 2.24) is 65.0 Å². The van der Waals surface area contributed by atoms with Gasteiger partial charge in [0, 0.05) is 88.8 Å². The Morgan fingerprint density at radius 3 is 1.80 bits per heavy atom. The van der Waals surface area contributed by atoms with E-state index in [0.717, 1.165) is 32.4 Å². The molecule has 1 saturated carbocycles. The summed E-state index contributed by atoms with van der Waals surface area (Å²) in [4.78, 5) is 196. The standard InChI is InChI=1S/C76H109ClF3N13O12/c1-18-47(6)63-72(103)87(12)49(8)67(98)93-39-34-57(93)71(102)90(15)59(42-52-24-22-46(5)23-25-52)70(101)86(11)44-61(94)82-55(30-27-51-26-29-53(54(77)41-51)76(78,79)80)68(99)89(14)56(31-28-50-32-37-81-38-33-50)66(97)84-75(35-20-21-36-75)74(105)92(17)64(48(7)19-2)73(104)91(16)60(69(100)85(9)10)43-62(95)88(13)58(40-45(3)4)65(96)83-63/h22-26,29,32-33,37-38,41,45,47-49,55-60,63-64H,18-21,27-28,30-31,34-36,39-40,42-44H2,1-17H3,(H,82,94)(H,83,96)(H,84,97)/t47-,48-,49-,55-,56-,57?,58-,59-,60-,63-,64-/m0/s1. The zero-order valence-electron chi connectivity index (χ0n) is 64.0. The molecule has 6 rings (SSSR count). The molecule has 2 aliphatic heterocycles. The molecule has 2 aromatic carbocycles. The molecular weight excluding hydrogens is 1380 g/mol. The van der Waals surface area contributed by atoms with Gasteiger partial charge in [-0.05, 0) is 124 Å². The first-order valence-electron chi connectivity index (χ1n) is 36.3. The number of nitrogens with zero attached hydrogens (tertiary/aromatic N) is 10. The first-order chi connectivity index (χ1) is 49.2. The van der Waals surface area contributed by atoms with Gasteiger partial charge in [0.05, 0.1) is 23.6 Å². The fraction of sp³-hybridized carbons (Fsp3) is 0.618. The van der Waals surface area contributed by atoms with Crippen LogP contribution in [0.5, 0.6) is 0 Å². The van der Waals surface area contributed by atoms with E-state index in [1.807, 2.05) is 46.8 Å². The predicted octanol–water partition coefficient (Wildman–Crippen LogP) is 5.94. The molecule has 12 amide bonds. The van der Waals surface area contributed by atoms with Crippen LogP contribution in [-0.4, -0.2) is 256 Å². The van der Waals surface area contributed by atoms with Crippen LogP contribution in [0.2, 0.25) is 5.02 Å². The number of amides is 12. The van der Waals surface area contributed by atoms with Crippen LogP contribution in [0.3, 0.4) is 0 Å². The van der Waals surface area contributed by atoms with E-state index in [1.165, 1.54) is 106 Å². The monoisotopic (exact) mass is 1490 g/mol. The number of halogens is 4. The number of fused-ring (bicyclic) bond motifs is 1. The zero-order chi connectivity index (χ0) is 78.4. The van der Waals surface area contributed by atoms with Crippen LogP contribution in [0.4, 0.5) is 13.2 Å². The number of alkyl halides is 3. The SMILES string of the molecule is CC[C@H](C)[C@@H]1NC(=O)[C@H](CC(C)C)N(C)C(=O)C[C@@H](C(=O)N(C)C)N(C)C(=O)[C@H]([C@@H](C)CC)N(C)C(=O)C2(CCCC2)NC(=O)[C@H](CCc2ccncc2)N(C)C(=O)[C@H](CCc2ccc(C(F)(F)F)c(Cl)c2)NC(=O)CN(C)C(=O)[C@H](Cc2ccc(C)cc2)N(C)C(=O)C2CCN2C(=O)[C@H](C)N(C)C1=O. The van der Waals surface area contributed by atoms with Crippen molar-refractivity contribution >= 4 is 82.5 Å². The van der Waals surface area contributed by atoms with Gasteiger partial charge in [0.1, 0.15) is 59.9 Å². The number of aryl methyl sites for hydroxylation is 3. The van der Waals surface area contributed by atoms with Gasteiger partial charge in [-0.1, -0.05) is 115 Å². The van der Waals surface area contributed by atoms with Gasteiger partial charge in [-0.3, -0.25) is 62.5 Å². The highest BCUT2D eigenvalue weighted by Crippen LogP contribution is 2.37. The molecule has 11 atom stereocenters. The predicted molar refractivity (Wildman–Crippen MR) is 390 cm³/mol. The molecule has 25 nitrogen and oxygen atoms in total. The van der Waals surface area contributed by atoms with Crippen LogP contribution in [0, 0.1) is 24.7 Å². The number of carbonyl (C=O) groups is 12. The van der Waals surface area contributed by atoms with Gasteiger partial charge < -0.3 is 60.0 Å². The van der Waals surface area contributed by atoms with E-state index in [4.69, 9.17) is 11.6 Å². The Morgan fingerprint density at radius 2 is 1.25 bits per heavy atom. The largest absolute Gasteiger partial charge is 0.417 e. The molecule has 2 saturated heterocycles. The molecular formula is C76H109ClF3N13O12. The molecule has 1 spiro atoms. The van der Waals surface area contributed by atoms with E-state index in [9.17, 15) is 46.7 Å². The number of hydrogen-bond acceptors (Lipinski definition) is 13. The van der Waals surface area contributed by atoms with Gasteiger partial charge in [0.15, 0.2) is 0 Å². The Morgan fingerprint density at radius 1 is 0.657 bits per heavy atom. The average Bonchev–Trinajstić information content (AvgIpc) is 1.70. The minimum absolute atomic E-state index is 0.0649. The Labute approximate surface area is 621 Å². The summed E-state index contributed by atoms with van der Waals surface area (Å²) in [6.07, 6.45) is -0.645. The molecule has 29 heteroatoms. The molecule has 0 radical (unpaired) electrons. The Bertz CT molecular complexity index is 3620. The van der Waals surface area contributed by atoms with Crippen LogP contribution in [0.1, 0.15) is 147 Å². The van der Waals surface area contributed by atoms with Crippen LogP contribution in [0.25, 0.3) is 0 Å². The molecule has 105 heavy (non-hydrogen) atoms. The van der Waals surface area contributed by atoms with Gasteiger partial charge in [0.2, 0.25) is 70.9 Å². The summed E-state index contributed by atoms with van der Waals surface area (Å²) < 4.78 is 42.0. The Balaban J connectivity index is 1.50. The third-order valence-corrected chi connectivity index (χ3v) is 21.8. The van der Waals surface area contributed by atoms with E-state index in [2.05, 4.69) is 20.9 Å². The minimum atomic E-state index is -4.79. The summed E-state index contributed by atoms with van der Waals surface area (Å²) in [6.45, 7) is 13.6. The number of rotatable bonds is 15. The molecule has 3 fully saturated rings. The van der Waals surface area contributed by atoms with Gasteiger partial charge in [-0.2, -0.15) is 13.2 Å². The highest BCUT2D eigenvalue weighted by Gasteiger charge is 2.51. The highest BCUT2D eigenvalue weighted by atomic mass is 35.5. The van der Waals surface area contributed by atoms with Gasteiger partial charge in [-0.15, -0.1) is 0 Å². The smallest absolute Gasteiger partial charge is 0.347 e. The molecule has 3 heterocycles. The summed E-state index contributed by atoms with van der Waals surface area (Å²) in [7, 11) is 12.6. The molecule has 3 aromatic rings. The molecule has 1 aromatic heterocycles. The van der Waals surface area contributed by atoms with E-state index in [-0.39, 0.29) is 75.8 Å². The molecule has 1 unspecified atom stereocenters. The normalized spacial score (nSPS) is 24.7. The topological polar surface area (TPSA) is 283 Å². The maximum atomic E-state index is 15.7. The van der Waals surface area contributed by atoms with E-state index >= 15 is 24.0 Å². The van der Waals surface area contributed by atoms with Crippen LogP contribution >= 0.6 is 11.6 Å². The van der Waals surface area contributed by atoms with E-state index in [0.29, 0.717) is 36.8 Å². The number of likely N-dealkylation sites (N-methyl/N-ethyl adjacent to an activating group) is 8. The molecule has 3 aliphatic rings. The van der Waals surface area contributed by atoms with Crippen LogP contribution < -0.4 is 16.0 Å². The summed E-state index contributed by atoms with van der Waals surface area (Å²) in [5.41, 5.74) is -0.272. The number of aromatic nitrogens is 1. The lowest BCUT2D eigenvalue weighted by Gasteiger charge is -2.45. The van der Waals surface area contributed by atoms with E-state index < -0.39 is 172 Å². The van der Waals surface area contributed by atoms with Crippen molar-refractivity contribution in [2.75, 3.05) is 76.5 Å². The number of benzene rings is 2. The number of nitrogens with one attached hydrogen (secondary N) is 3. The fourth-order valence-corrected chi connectivity index (χ4v) is 14.3. The van der Waals surface area contributed by atoms with Crippen molar-refractivity contribution in [2.45, 2.75) is 211 Å². The van der Waals surface area contributed by atoms with E-state index in [1.54, 1.807) is 50.5 Å². The molecule has 1 aliphatic carbocycles. The first kappa shape index (κ1) is 85.2. The second-order valence-corrected chi connectivity index (χ2v) is 30.0. The van der Waals surface area contributed by atoms with Crippen molar-refractivity contribution in [3.8, 4) is 0 Å². The second kappa shape index (κ2) is 37.0. The van der Waals surface area contributed by atoms with Crippen molar-refractivity contribution in [1.29, 1.82) is 0 Å². The minimum Gasteiger partial charge on any atom is -0.347 e. The van der Waals surface area contributed by atoms with Crippen molar-refractivity contribution in [3.63, 3.8) is 0 Å². The number of carbonyl (C=O) groups excluding carboxylic acids is 12. The molecule has 3 N–H and O–H groups in total. The fourth-order valence-electron chi connectivity index (χ4n) is 14.0. The lowest BCUT2D eigenvalue weighted by molar-refractivity contribution is -0.160. The van der Waals surface area contributed by atoms with Gasteiger partial charge in [0.25, 0.3) is 0 Å². The van der Waals surface area contributed by atoms with Crippen molar-refractivity contribution in [3.05, 3.63) is 99.8 Å². The maximum Gasteiger partial charge on any atom is 0.417 e. The second-order valence-electron chi connectivity index (χ2n) is 29.6. The van der Waals surface area contributed by atoms with Gasteiger partial charge in [-0.25, -0.2) is 0 Å². The number of pyridine rings is 1. The first-order valence-corrected chi connectivity index (χ1v) is 36.7. The van der Waals surface area contributed by atoms with Crippen LogP contribution in [0.15, 0.2) is 67.0 Å². The summed E-state index contributed by atoms with van der Waals surface area (Å²) in [5, 5.41) is 8.08. The van der Waals surface area contributed by atoms with Crippen LogP contribution in [-0.2, 0) is 83.0 Å². The zero-order valence-corrected chi connectivity index (χ0v) is 64.7. The lowest BCUT2D eigenvalue weighted by Crippen LogP contribution is -2.65.